The fraction of sp³-hybridized carbons (Fsp3) is 0.462. The predicted molar refractivity (Wildman–Crippen MR) is 59.9 cm³/mol. The molecule has 1 aromatic carbocycles. The second-order valence-electron chi connectivity index (χ2n) is 4.65. The highest BCUT2D eigenvalue weighted by atomic mass is 16.5. The summed E-state index contributed by atoms with van der Waals surface area (Å²) in [5.74, 6) is 0. The van der Waals surface area contributed by atoms with Gasteiger partial charge in [-0.25, -0.2) is 0 Å². The van der Waals surface area contributed by atoms with E-state index < -0.39 is 0 Å². The second kappa shape index (κ2) is 3.58. The van der Waals surface area contributed by atoms with Crippen LogP contribution in [0.2, 0.25) is 0 Å². The zero-order valence-electron chi connectivity index (χ0n) is 9.23. The second-order valence-corrected chi connectivity index (χ2v) is 4.65. The Bertz CT molecular complexity index is 463. The van der Waals surface area contributed by atoms with Crippen LogP contribution in [0.5, 0.6) is 0 Å². The first-order valence-corrected chi connectivity index (χ1v) is 5.68. The van der Waals surface area contributed by atoms with E-state index in [9.17, 15) is 0 Å². The summed E-state index contributed by atoms with van der Waals surface area (Å²) < 4.78 is 5.82. The van der Waals surface area contributed by atoms with Crippen LogP contribution in [0.1, 0.15) is 29.7 Å². The Hall–Kier alpha value is -1.37. The minimum atomic E-state index is 0.250. The molecule has 0 unspecified atom stereocenters. The number of nitrogens with one attached hydrogen (secondary N) is 1. The summed E-state index contributed by atoms with van der Waals surface area (Å²) in [6.07, 6.45) is 1.18. The molecule has 2 aliphatic rings. The maximum atomic E-state index is 8.87. The van der Waals surface area contributed by atoms with E-state index in [4.69, 9.17) is 10.00 Å². The van der Waals surface area contributed by atoms with Gasteiger partial charge in [-0.2, -0.15) is 5.26 Å². The van der Waals surface area contributed by atoms with E-state index in [1.54, 1.807) is 0 Å². The van der Waals surface area contributed by atoms with Gasteiger partial charge in [-0.05, 0) is 30.2 Å². The van der Waals surface area contributed by atoms with Crippen molar-refractivity contribution in [2.45, 2.75) is 31.5 Å². The highest BCUT2D eigenvalue weighted by Crippen LogP contribution is 2.36. The van der Waals surface area contributed by atoms with Crippen molar-refractivity contribution in [2.24, 2.45) is 0 Å². The average Bonchev–Trinajstić information content (AvgIpc) is 2.66. The summed E-state index contributed by atoms with van der Waals surface area (Å²) in [6, 6.07) is 8.85. The van der Waals surface area contributed by atoms with Crippen molar-refractivity contribution in [1.29, 1.82) is 5.26 Å². The van der Waals surface area contributed by atoms with Crippen molar-refractivity contribution >= 4 is 0 Å². The molecule has 0 bridgehead atoms. The van der Waals surface area contributed by atoms with Crippen molar-refractivity contribution in [3.05, 3.63) is 34.9 Å². The number of fused-ring (bicyclic) bond motifs is 3. The normalized spacial score (nSPS) is 31.6. The molecule has 3 atom stereocenters. The number of nitrogens with zero attached hydrogens (tertiary/aromatic N) is 1. The number of hydrogen-bond acceptors (Lipinski definition) is 3. The third-order valence-corrected chi connectivity index (χ3v) is 3.42. The van der Waals surface area contributed by atoms with Crippen molar-refractivity contribution in [3.63, 3.8) is 0 Å². The lowest BCUT2D eigenvalue weighted by Crippen LogP contribution is -2.45. The molecule has 1 fully saturated rings. The average molecular weight is 214 g/mol. The molecular formula is C13H14N2O. The van der Waals surface area contributed by atoms with E-state index in [0.29, 0.717) is 12.1 Å². The van der Waals surface area contributed by atoms with Gasteiger partial charge in [0.1, 0.15) is 0 Å². The zero-order valence-corrected chi connectivity index (χ0v) is 9.23. The summed E-state index contributed by atoms with van der Waals surface area (Å²) >= 11 is 0. The summed E-state index contributed by atoms with van der Waals surface area (Å²) in [7, 11) is 0. The zero-order chi connectivity index (χ0) is 11.1. The van der Waals surface area contributed by atoms with Gasteiger partial charge < -0.3 is 10.1 Å². The van der Waals surface area contributed by atoms with E-state index in [-0.39, 0.29) is 6.10 Å². The topological polar surface area (TPSA) is 45.0 Å². The van der Waals surface area contributed by atoms with Crippen LogP contribution in [0.25, 0.3) is 0 Å². The fourth-order valence-electron chi connectivity index (χ4n) is 2.67. The van der Waals surface area contributed by atoms with Gasteiger partial charge in [0.05, 0.1) is 30.4 Å². The van der Waals surface area contributed by atoms with Gasteiger partial charge in [0, 0.05) is 12.5 Å². The van der Waals surface area contributed by atoms with Crippen molar-refractivity contribution in [1.82, 2.24) is 5.32 Å². The summed E-state index contributed by atoms with van der Waals surface area (Å²) in [4.78, 5) is 0. The molecule has 3 heteroatoms. The third-order valence-electron chi connectivity index (χ3n) is 3.42. The SMILES string of the molecule is C[C@@H]1CO[C@@H]2Cc3cc(C#N)ccc3[C@@H]2N1. The van der Waals surface area contributed by atoms with E-state index in [1.807, 2.05) is 12.1 Å². The molecule has 1 aliphatic carbocycles. The lowest BCUT2D eigenvalue weighted by atomic mass is 10.0. The first-order valence-electron chi connectivity index (χ1n) is 5.68. The standard InChI is InChI=1S/C13H14N2O/c1-8-7-16-12-5-10-4-9(6-14)2-3-11(10)13(12)15-8/h2-4,8,12-13,15H,5,7H2,1H3/t8-,12-,13+/m1/s1. The largest absolute Gasteiger partial charge is 0.374 e. The number of rotatable bonds is 0. The molecule has 1 N–H and O–H groups in total. The number of morpholine rings is 1. The fourth-order valence-corrected chi connectivity index (χ4v) is 2.67. The number of ether oxygens (including phenoxy) is 1. The molecule has 0 amide bonds. The highest BCUT2D eigenvalue weighted by Gasteiger charge is 2.37. The molecule has 0 aromatic heterocycles. The lowest BCUT2D eigenvalue weighted by molar-refractivity contribution is -0.0157. The van der Waals surface area contributed by atoms with Crippen LogP contribution in [0.15, 0.2) is 18.2 Å². The molecule has 1 aromatic rings. The molecule has 82 valence electrons. The molecule has 0 saturated carbocycles. The van der Waals surface area contributed by atoms with Crippen LogP contribution in [0.4, 0.5) is 0 Å². The van der Waals surface area contributed by atoms with Crippen LogP contribution >= 0.6 is 0 Å². The van der Waals surface area contributed by atoms with Gasteiger partial charge in [0.15, 0.2) is 0 Å². The number of nitriles is 1. The summed E-state index contributed by atoms with van der Waals surface area (Å²) in [5.41, 5.74) is 3.30. The number of hydrogen-bond donors (Lipinski definition) is 1. The Labute approximate surface area is 95.0 Å². The van der Waals surface area contributed by atoms with Crippen molar-refractivity contribution < 1.29 is 4.74 Å². The molecule has 3 nitrogen and oxygen atoms in total. The minimum absolute atomic E-state index is 0.250. The molecule has 3 rings (SSSR count). The lowest BCUT2D eigenvalue weighted by Gasteiger charge is -2.32. The molecule has 0 radical (unpaired) electrons. The van der Waals surface area contributed by atoms with Crippen LogP contribution < -0.4 is 5.32 Å². The first-order chi connectivity index (χ1) is 7.78. The quantitative estimate of drug-likeness (QED) is 0.712. The van der Waals surface area contributed by atoms with E-state index in [2.05, 4.69) is 24.4 Å². The van der Waals surface area contributed by atoms with Gasteiger partial charge in [-0.3, -0.25) is 0 Å². The van der Waals surface area contributed by atoms with Crippen LogP contribution in [-0.2, 0) is 11.2 Å². The van der Waals surface area contributed by atoms with Crippen LogP contribution in [0, 0.1) is 11.3 Å². The van der Waals surface area contributed by atoms with E-state index >= 15 is 0 Å². The predicted octanol–water partition coefficient (Wildman–Crippen LogP) is 1.53. The van der Waals surface area contributed by atoms with Gasteiger partial charge in [0.25, 0.3) is 0 Å². The summed E-state index contributed by atoms with van der Waals surface area (Å²) in [6.45, 7) is 2.91. The Morgan fingerprint density at radius 3 is 3.19 bits per heavy atom. The Balaban J connectivity index is 1.97. The maximum absolute atomic E-state index is 8.87. The Kier molecular flexibility index (Phi) is 2.20. The summed E-state index contributed by atoms with van der Waals surface area (Å²) in [5, 5.41) is 12.4. The van der Waals surface area contributed by atoms with E-state index in [1.165, 1.54) is 11.1 Å². The van der Waals surface area contributed by atoms with Crippen molar-refractivity contribution in [2.75, 3.05) is 6.61 Å². The highest BCUT2D eigenvalue weighted by molar-refractivity contribution is 5.43. The minimum Gasteiger partial charge on any atom is -0.374 e. The smallest absolute Gasteiger partial charge is 0.0991 e. The third kappa shape index (κ3) is 1.42. The molecule has 1 aliphatic heterocycles. The van der Waals surface area contributed by atoms with Crippen LogP contribution in [0.3, 0.4) is 0 Å². The molecule has 1 saturated heterocycles. The maximum Gasteiger partial charge on any atom is 0.0991 e. The molecule has 1 heterocycles. The first kappa shape index (κ1) is 9.83. The van der Waals surface area contributed by atoms with Gasteiger partial charge in [-0.1, -0.05) is 6.07 Å². The molecular weight excluding hydrogens is 200 g/mol. The van der Waals surface area contributed by atoms with Crippen LogP contribution in [-0.4, -0.2) is 18.8 Å². The Morgan fingerprint density at radius 1 is 1.50 bits per heavy atom. The van der Waals surface area contributed by atoms with E-state index in [0.717, 1.165) is 18.6 Å². The number of benzene rings is 1. The van der Waals surface area contributed by atoms with Gasteiger partial charge >= 0.3 is 0 Å². The molecule has 16 heavy (non-hydrogen) atoms. The monoisotopic (exact) mass is 214 g/mol. The van der Waals surface area contributed by atoms with Crippen molar-refractivity contribution in [3.8, 4) is 6.07 Å². The van der Waals surface area contributed by atoms with Gasteiger partial charge in [0.2, 0.25) is 0 Å². The molecule has 0 spiro atoms. The Morgan fingerprint density at radius 2 is 2.38 bits per heavy atom. The van der Waals surface area contributed by atoms with Gasteiger partial charge in [-0.15, -0.1) is 0 Å².